The smallest absolute Gasteiger partial charge is 0.855 e. The summed E-state index contributed by atoms with van der Waals surface area (Å²) in [7, 11) is 0. The van der Waals surface area contributed by atoms with Crippen molar-refractivity contribution in [3.8, 4) is 0 Å². The molecular weight excluding hydrogens is 138 g/mol. The summed E-state index contributed by atoms with van der Waals surface area (Å²) in [5, 5.41) is 10.2. The van der Waals surface area contributed by atoms with E-state index in [0.717, 1.165) is 11.1 Å². The molecule has 0 N–H and O–H groups in total. The van der Waals surface area contributed by atoms with Crippen LogP contribution in [0.1, 0.15) is 11.1 Å². The molecule has 0 spiro atoms. The maximum absolute atomic E-state index is 10.2. The van der Waals surface area contributed by atoms with Crippen LogP contribution in [0.25, 0.3) is 0 Å². The predicted octanol–water partition coefficient (Wildman–Crippen LogP) is -5.22. The molecule has 0 amide bonds. The number of rotatable bonds is 2. The van der Waals surface area contributed by atoms with Gasteiger partial charge >= 0.3 is 37.7 Å². The third-order valence-electron chi connectivity index (χ3n) is 1.49. The second kappa shape index (κ2) is 7.87. The van der Waals surface area contributed by atoms with E-state index in [1.807, 2.05) is 24.3 Å². The van der Waals surface area contributed by atoms with Gasteiger partial charge in [-0.05, 0) is 0 Å². The zero-order chi connectivity index (χ0) is 7.40. The molecule has 0 aliphatic heterocycles. The fraction of sp³-hybridized carbons (Fsp3) is 0.222. The van der Waals surface area contributed by atoms with Crippen molar-refractivity contribution in [3.05, 3.63) is 42.3 Å². The maximum Gasteiger partial charge on any atom is 1.00 e. The second-order valence-corrected chi connectivity index (χ2v) is 2.22. The Labute approximate surface area is 97.9 Å². The number of hydrogen-bond acceptors (Lipinski definition) is 1. The van der Waals surface area contributed by atoms with Crippen LogP contribution in [0.4, 0.5) is 0 Å². The van der Waals surface area contributed by atoms with Crippen LogP contribution in [-0.2, 0) is 6.42 Å². The van der Waals surface area contributed by atoms with E-state index < -0.39 is 0 Å². The van der Waals surface area contributed by atoms with Gasteiger partial charge in [0.05, 0.1) is 0 Å². The zero-order valence-corrected chi connectivity index (χ0v) is 7.84. The van der Waals surface area contributed by atoms with E-state index in [4.69, 9.17) is 0 Å². The van der Waals surface area contributed by atoms with Gasteiger partial charge in [-0.3, -0.25) is 0 Å². The van der Waals surface area contributed by atoms with E-state index in [2.05, 4.69) is 6.92 Å². The molecule has 3 heteroatoms. The summed E-state index contributed by atoms with van der Waals surface area (Å²) >= 11 is 0. The van der Waals surface area contributed by atoms with Gasteiger partial charge in [-0.2, -0.15) is 24.1 Å². The van der Waals surface area contributed by atoms with Gasteiger partial charge in [-0.25, -0.2) is 0 Å². The first-order valence-electron chi connectivity index (χ1n) is 3.32. The molecule has 12 heavy (non-hydrogen) atoms. The van der Waals surface area contributed by atoms with Gasteiger partial charge in [0.15, 0.2) is 0 Å². The van der Waals surface area contributed by atoms with Gasteiger partial charge in [0.25, 0.3) is 0 Å². The molecule has 0 aromatic heterocycles. The Morgan fingerprint density at radius 1 is 1.17 bits per heavy atom. The minimum atomic E-state index is -0.0491. The summed E-state index contributed by atoms with van der Waals surface area (Å²) in [5.41, 5.74) is 2.04. The van der Waals surface area contributed by atoms with Crippen molar-refractivity contribution in [2.75, 3.05) is 6.61 Å². The summed E-state index contributed by atoms with van der Waals surface area (Å²) < 4.78 is 0. The van der Waals surface area contributed by atoms with Crippen molar-refractivity contribution in [1.82, 2.24) is 0 Å². The molecule has 0 fully saturated rings. The Morgan fingerprint density at radius 2 is 1.75 bits per heavy atom. The Morgan fingerprint density at radius 3 is 2.25 bits per heavy atom. The van der Waals surface area contributed by atoms with Crippen LogP contribution in [0.2, 0.25) is 0 Å². The topological polar surface area (TPSA) is 23.1 Å². The van der Waals surface area contributed by atoms with E-state index in [1.165, 1.54) is 0 Å². The predicted molar refractivity (Wildman–Crippen MR) is 39.5 cm³/mol. The summed E-state index contributed by atoms with van der Waals surface area (Å²) in [4.78, 5) is 0. The minimum Gasteiger partial charge on any atom is -0.855 e. The van der Waals surface area contributed by atoms with Gasteiger partial charge in [0, 0.05) is 0 Å². The molecule has 0 saturated carbocycles. The fourth-order valence-corrected chi connectivity index (χ4v) is 0.911. The number of hydrogen-bond donors (Lipinski definition) is 0. The fourth-order valence-electron chi connectivity index (χ4n) is 0.911. The summed E-state index contributed by atoms with van der Waals surface area (Å²) in [6.07, 6.45) is 0.597. The molecule has 1 aromatic rings. The molecule has 1 rings (SSSR count). The van der Waals surface area contributed by atoms with Crippen molar-refractivity contribution in [1.29, 1.82) is 0 Å². The van der Waals surface area contributed by atoms with Crippen LogP contribution in [0.5, 0.6) is 0 Å². The first-order chi connectivity index (χ1) is 4.84. The van der Waals surface area contributed by atoms with Crippen molar-refractivity contribution >= 4 is 0 Å². The molecule has 1 aromatic carbocycles. The third-order valence-corrected chi connectivity index (χ3v) is 1.49. The number of benzene rings is 1. The van der Waals surface area contributed by atoms with Crippen molar-refractivity contribution in [2.24, 2.45) is 0 Å². The third kappa shape index (κ3) is 4.32. The average molecular weight is 148 g/mol. The van der Waals surface area contributed by atoms with Crippen LogP contribution >= 0.6 is 0 Å². The summed E-state index contributed by atoms with van der Waals surface area (Å²) in [6.45, 7) is 3.75. The van der Waals surface area contributed by atoms with E-state index in [9.17, 15) is 5.11 Å². The quantitative estimate of drug-likeness (QED) is 0.303. The van der Waals surface area contributed by atoms with Crippen LogP contribution in [0.15, 0.2) is 24.3 Å². The molecule has 0 atom stereocenters. The van der Waals surface area contributed by atoms with E-state index in [1.54, 1.807) is 0 Å². The van der Waals surface area contributed by atoms with Crippen LogP contribution in [0.3, 0.4) is 0 Å². The van der Waals surface area contributed by atoms with Gasteiger partial charge in [0.2, 0.25) is 0 Å². The molecule has 0 bridgehead atoms. The van der Waals surface area contributed by atoms with E-state index >= 15 is 0 Å². The average Bonchev–Trinajstić information content (AvgIpc) is 1.94. The molecule has 0 aliphatic rings. The maximum atomic E-state index is 10.2. The van der Waals surface area contributed by atoms with Crippen molar-refractivity contribution in [2.45, 2.75) is 6.42 Å². The Kier molecular flexibility index (Phi) is 9.68. The Hall–Kier alpha value is 0.245. The van der Waals surface area contributed by atoms with Crippen molar-refractivity contribution in [3.63, 3.8) is 0 Å². The van der Waals surface area contributed by atoms with Crippen LogP contribution in [0, 0.1) is 6.92 Å². The van der Waals surface area contributed by atoms with E-state index in [-0.39, 0.29) is 44.3 Å². The van der Waals surface area contributed by atoms with E-state index in [0.29, 0.717) is 6.42 Å². The summed E-state index contributed by atoms with van der Waals surface area (Å²) in [5.74, 6) is 0. The molecular formula is C9H10Li2O. The molecule has 0 heterocycles. The normalized spacial score (nSPS) is 8.08. The van der Waals surface area contributed by atoms with Crippen molar-refractivity contribution < 1.29 is 42.8 Å². The molecule has 0 radical (unpaired) electrons. The molecule has 0 unspecified atom stereocenters. The summed E-state index contributed by atoms with van der Waals surface area (Å²) in [6, 6.07) is 7.72. The Bertz CT molecular complexity index is 213. The minimum absolute atomic E-state index is 0. The largest absolute Gasteiger partial charge is 1.00 e. The SMILES string of the molecule is [CH2-]c1ccccc1CC[O-].[Li+].[Li+]. The molecule has 0 saturated heterocycles. The van der Waals surface area contributed by atoms with Gasteiger partial charge in [-0.1, -0.05) is 12.5 Å². The first kappa shape index (κ1) is 14.8. The Balaban J connectivity index is 0. The molecule has 54 valence electrons. The van der Waals surface area contributed by atoms with Gasteiger partial charge in [0.1, 0.15) is 0 Å². The van der Waals surface area contributed by atoms with Gasteiger partial charge < -0.3 is 5.11 Å². The van der Waals surface area contributed by atoms with Crippen LogP contribution in [-0.4, -0.2) is 6.61 Å². The second-order valence-electron chi connectivity index (χ2n) is 2.22. The van der Waals surface area contributed by atoms with Gasteiger partial charge in [-0.15, -0.1) is 18.7 Å². The monoisotopic (exact) mass is 148 g/mol. The molecule has 1 nitrogen and oxygen atoms in total. The zero-order valence-electron chi connectivity index (χ0n) is 7.84. The molecule has 0 aliphatic carbocycles. The standard InChI is InChI=1S/C9H10O.2Li/c1-8-4-2-3-5-9(8)6-7-10;;/h2-5H,1,6-7H2;;/q-2;2*+1. The first-order valence-corrected chi connectivity index (χ1v) is 3.32. The van der Waals surface area contributed by atoms with Crippen LogP contribution < -0.4 is 42.8 Å².